The lowest BCUT2D eigenvalue weighted by atomic mass is 10.2. The van der Waals surface area contributed by atoms with Gasteiger partial charge >= 0.3 is 0 Å². The van der Waals surface area contributed by atoms with Gasteiger partial charge in [-0.05, 0) is 34.5 Å². The predicted octanol–water partition coefficient (Wildman–Crippen LogP) is 2.41. The molecule has 0 aromatic heterocycles. The maximum Gasteiger partial charge on any atom is 0.153 e. The van der Waals surface area contributed by atoms with Gasteiger partial charge in [0.2, 0.25) is 0 Å². The fourth-order valence-corrected chi connectivity index (χ4v) is 1.56. The summed E-state index contributed by atoms with van der Waals surface area (Å²) in [4.78, 5) is 10.7. The van der Waals surface area contributed by atoms with Gasteiger partial charge in [0.25, 0.3) is 0 Å². The summed E-state index contributed by atoms with van der Waals surface area (Å²) in [5.74, 6) is 0.486. The van der Waals surface area contributed by atoms with Crippen molar-refractivity contribution in [2.24, 2.45) is 0 Å². The summed E-state index contributed by atoms with van der Waals surface area (Å²) in [6, 6.07) is 5.23. The molecule has 1 N–H and O–H groups in total. The molecule has 82 valence electrons. The summed E-state index contributed by atoms with van der Waals surface area (Å²) in [6.07, 6.45) is 0.857. The third kappa shape index (κ3) is 3.32. The van der Waals surface area contributed by atoms with Crippen molar-refractivity contribution in [3.05, 3.63) is 28.2 Å². The Labute approximate surface area is 97.2 Å². The summed E-state index contributed by atoms with van der Waals surface area (Å²) in [7, 11) is 0. The van der Waals surface area contributed by atoms with Crippen molar-refractivity contribution < 1.29 is 14.6 Å². The Balaban J connectivity index is 2.78. The first kappa shape index (κ1) is 12.2. The fourth-order valence-electron chi connectivity index (χ4n) is 1.07. The van der Waals surface area contributed by atoms with E-state index in [0.717, 1.165) is 10.8 Å². The van der Waals surface area contributed by atoms with Crippen LogP contribution in [0.5, 0.6) is 5.75 Å². The van der Waals surface area contributed by atoms with E-state index in [2.05, 4.69) is 15.9 Å². The number of carbonyl (C=O) groups excluding carboxylic acids is 1. The number of para-hydroxylation sites is 1. The van der Waals surface area contributed by atoms with Gasteiger partial charge in [0, 0.05) is 0 Å². The molecule has 1 aromatic rings. The van der Waals surface area contributed by atoms with E-state index in [-0.39, 0.29) is 6.61 Å². The van der Waals surface area contributed by atoms with Crippen molar-refractivity contribution in [3.8, 4) is 5.75 Å². The second-order valence-electron chi connectivity index (χ2n) is 3.15. The molecule has 0 amide bonds. The standard InChI is InChI=1S/C11H13BrO3/c1-2-9(14)7-15-11-8(6-13)4-3-5-10(11)12/h3-6,9,14H,2,7H2,1H3. The molecule has 1 atom stereocenters. The van der Waals surface area contributed by atoms with Crippen LogP contribution in [0.1, 0.15) is 23.7 Å². The molecule has 0 spiro atoms. The molecule has 1 rings (SSSR count). The van der Waals surface area contributed by atoms with Crippen LogP contribution in [0, 0.1) is 0 Å². The quantitative estimate of drug-likeness (QED) is 0.838. The second-order valence-corrected chi connectivity index (χ2v) is 4.00. The van der Waals surface area contributed by atoms with Crippen molar-refractivity contribution in [3.63, 3.8) is 0 Å². The van der Waals surface area contributed by atoms with E-state index >= 15 is 0 Å². The first-order chi connectivity index (χ1) is 7.19. The Morgan fingerprint density at radius 3 is 2.93 bits per heavy atom. The van der Waals surface area contributed by atoms with Crippen LogP contribution in [0.15, 0.2) is 22.7 Å². The Bertz CT molecular complexity index is 339. The van der Waals surface area contributed by atoms with E-state index < -0.39 is 6.10 Å². The summed E-state index contributed by atoms with van der Waals surface area (Å²) < 4.78 is 6.10. The van der Waals surface area contributed by atoms with Crippen molar-refractivity contribution >= 4 is 22.2 Å². The number of hydrogen-bond acceptors (Lipinski definition) is 3. The molecule has 0 radical (unpaired) electrons. The molecule has 0 fully saturated rings. The lowest BCUT2D eigenvalue weighted by Gasteiger charge is -2.12. The second kappa shape index (κ2) is 5.88. The lowest BCUT2D eigenvalue weighted by Crippen LogP contribution is -2.16. The lowest BCUT2D eigenvalue weighted by molar-refractivity contribution is 0.101. The molecular formula is C11H13BrO3. The van der Waals surface area contributed by atoms with E-state index in [0.29, 0.717) is 17.7 Å². The van der Waals surface area contributed by atoms with E-state index in [1.54, 1.807) is 18.2 Å². The van der Waals surface area contributed by atoms with Crippen LogP contribution in [0.2, 0.25) is 0 Å². The van der Waals surface area contributed by atoms with Gasteiger partial charge in [-0.2, -0.15) is 0 Å². The average molecular weight is 273 g/mol. The van der Waals surface area contributed by atoms with Gasteiger partial charge in [-0.15, -0.1) is 0 Å². The molecule has 1 unspecified atom stereocenters. The highest BCUT2D eigenvalue weighted by Gasteiger charge is 2.09. The van der Waals surface area contributed by atoms with Crippen LogP contribution in [0.3, 0.4) is 0 Å². The van der Waals surface area contributed by atoms with Crippen LogP contribution in [0.25, 0.3) is 0 Å². The fraction of sp³-hybridized carbons (Fsp3) is 0.364. The van der Waals surface area contributed by atoms with Crippen molar-refractivity contribution in [1.82, 2.24) is 0 Å². The molecule has 0 aliphatic carbocycles. The highest BCUT2D eigenvalue weighted by Crippen LogP contribution is 2.28. The molecule has 1 aromatic carbocycles. The average Bonchev–Trinajstić information content (AvgIpc) is 2.26. The summed E-state index contributed by atoms with van der Waals surface area (Å²) >= 11 is 3.29. The van der Waals surface area contributed by atoms with E-state index in [1.165, 1.54) is 0 Å². The van der Waals surface area contributed by atoms with Crippen LogP contribution in [-0.2, 0) is 0 Å². The first-order valence-electron chi connectivity index (χ1n) is 4.73. The van der Waals surface area contributed by atoms with Crippen LogP contribution < -0.4 is 4.74 Å². The van der Waals surface area contributed by atoms with Crippen molar-refractivity contribution in [2.75, 3.05) is 6.61 Å². The number of hydrogen-bond donors (Lipinski definition) is 1. The molecule has 4 heteroatoms. The van der Waals surface area contributed by atoms with Crippen molar-refractivity contribution in [1.29, 1.82) is 0 Å². The zero-order chi connectivity index (χ0) is 11.3. The minimum Gasteiger partial charge on any atom is -0.489 e. The number of benzene rings is 1. The third-order valence-corrected chi connectivity index (χ3v) is 2.64. The van der Waals surface area contributed by atoms with Crippen LogP contribution in [0.4, 0.5) is 0 Å². The van der Waals surface area contributed by atoms with E-state index in [1.807, 2.05) is 6.92 Å². The SMILES string of the molecule is CCC(O)COc1c(Br)cccc1C=O. The molecular weight excluding hydrogens is 260 g/mol. The Kier molecular flexibility index (Phi) is 4.78. The van der Waals surface area contributed by atoms with E-state index in [4.69, 9.17) is 4.74 Å². The van der Waals surface area contributed by atoms with Crippen LogP contribution in [-0.4, -0.2) is 24.1 Å². The Morgan fingerprint density at radius 1 is 1.60 bits per heavy atom. The van der Waals surface area contributed by atoms with Gasteiger partial charge in [0.15, 0.2) is 6.29 Å². The molecule has 0 bridgehead atoms. The minimum absolute atomic E-state index is 0.194. The molecule has 3 nitrogen and oxygen atoms in total. The highest BCUT2D eigenvalue weighted by molar-refractivity contribution is 9.10. The smallest absolute Gasteiger partial charge is 0.153 e. The minimum atomic E-state index is -0.503. The number of carbonyl (C=O) groups is 1. The van der Waals surface area contributed by atoms with E-state index in [9.17, 15) is 9.90 Å². The monoisotopic (exact) mass is 272 g/mol. The number of halogens is 1. The maximum absolute atomic E-state index is 10.7. The number of aliphatic hydroxyl groups is 1. The van der Waals surface area contributed by atoms with Crippen LogP contribution >= 0.6 is 15.9 Å². The number of ether oxygens (including phenoxy) is 1. The van der Waals surface area contributed by atoms with Gasteiger partial charge in [-0.3, -0.25) is 4.79 Å². The number of aldehydes is 1. The topological polar surface area (TPSA) is 46.5 Å². The first-order valence-corrected chi connectivity index (χ1v) is 5.52. The molecule has 0 aliphatic rings. The Hall–Kier alpha value is -0.870. The summed E-state index contributed by atoms with van der Waals surface area (Å²) in [5, 5.41) is 9.35. The summed E-state index contributed by atoms with van der Waals surface area (Å²) in [5.41, 5.74) is 0.479. The van der Waals surface area contributed by atoms with Gasteiger partial charge in [0.05, 0.1) is 16.1 Å². The predicted molar refractivity (Wildman–Crippen MR) is 61.3 cm³/mol. The normalized spacial score (nSPS) is 12.2. The summed E-state index contributed by atoms with van der Waals surface area (Å²) in [6.45, 7) is 2.06. The molecule has 0 heterocycles. The van der Waals surface area contributed by atoms with Crippen molar-refractivity contribution in [2.45, 2.75) is 19.4 Å². The molecule has 15 heavy (non-hydrogen) atoms. The van der Waals surface area contributed by atoms with Gasteiger partial charge in [-0.1, -0.05) is 13.0 Å². The number of aliphatic hydroxyl groups excluding tert-OH is 1. The van der Waals surface area contributed by atoms with Gasteiger partial charge in [0.1, 0.15) is 12.4 Å². The largest absolute Gasteiger partial charge is 0.489 e. The highest BCUT2D eigenvalue weighted by atomic mass is 79.9. The number of rotatable bonds is 5. The van der Waals surface area contributed by atoms with Gasteiger partial charge < -0.3 is 9.84 Å². The zero-order valence-corrected chi connectivity index (χ0v) is 10.0. The Morgan fingerprint density at radius 2 is 2.33 bits per heavy atom. The molecule has 0 saturated heterocycles. The molecule has 0 saturated carbocycles. The third-order valence-electron chi connectivity index (χ3n) is 2.02. The maximum atomic E-state index is 10.7. The zero-order valence-electron chi connectivity index (χ0n) is 8.44. The molecule has 0 aliphatic heterocycles. The van der Waals surface area contributed by atoms with Gasteiger partial charge in [-0.25, -0.2) is 0 Å².